The first-order valence-electron chi connectivity index (χ1n) is 3.29. The van der Waals surface area contributed by atoms with Crippen LogP contribution in [0, 0.1) is 6.08 Å². The molecule has 0 bridgehead atoms. The maximum atomic E-state index is 3.12. The zero-order valence-electron chi connectivity index (χ0n) is 6.44. The Labute approximate surface area is 65.8 Å². The van der Waals surface area contributed by atoms with E-state index in [1.165, 1.54) is 5.57 Å². The summed E-state index contributed by atoms with van der Waals surface area (Å²) in [6.45, 7) is 2.06. The van der Waals surface area contributed by atoms with Crippen LogP contribution in [-0.4, -0.2) is 17.4 Å². The number of rotatable bonds is 0. The van der Waals surface area contributed by atoms with Crippen molar-refractivity contribution >= 4 is 17.4 Å². The Balaban J connectivity index is 0.000000187. The normalized spacial score (nSPS) is 13.4. The zero-order valence-corrected chi connectivity index (χ0v) is 8.86. The Hall–Kier alpha value is 0.116. The third kappa shape index (κ3) is 6.00. The minimum atomic E-state index is 0.312. The van der Waals surface area contributed by atoms with Gasteiger partial charge in [-0.3, -0.25) is 6.08 Å². The summed E-state index contributed by atoms with van der Waals surface area (Å²) in [7, 11) is 0. The molecule has 0 heterocycles. The molecule has 0 aliphatic heterocycles. The molecule has 0 aromatic rings. The average molecular weight is 179 g/mol. The average Bonchev–Trinajstić information content (AvgIpc) is 2.20. The fourth-order valence-electron chi connectivity index (χ4n) is 0.515. The Bertz CT molecular complexity index is 109. The first kappa shape index (κ1) is 9.12. The minimum absolute atomic E-state index is 0.312. The van der Waals surface area contributed by atoms with Crippen LogP contribution >= 0.6 is 0 Å². The molecule has 0 nitrogen and oxygen atoms in total. The van der Waals surface area contributed by atoms with Crippen molar-refractivity contribution in [1.29, 1.82) is 0 Å². The van der Waals surface area contributed by atoms with Crippen LogP contribution in [0.25, 0.3) is 0 Å². The van der Waals surface area contributed by atoms with Crippen molar-refractivity contribution in [2.75, 3.05) is 0 Å². The van der Waals surface area contributed by atoms with Crippen molar-refractivity contribution in [3.63, 3.8) is 0 Å². The molecule has 0 atom stereocenters. The van der Waals surface area contributed by atoms with Gasteiger partial charge in [0, 0.05) is 0 Å². The summed E-state index contributed by atoms with van der Waals surface area (Å²) >= 11 is 0.312. The molecular formula is C8H13Ga. The Morgan fingerprint density at radius 3 is 2.22 bits per heavy atom. The molecule has 0 unspecified atom stereocenters. The zero-order chi connectivity index (χ0) is 7.11. The molecule has 0 amide bonds. The number of allylic oxidation sites excluding steroid dienone is 4. The van der Waals surface area contributed by atoms with Crippen LogP contribution in [-0.2, 0) is 0 Å². The molecule has 0 radical (unpaired) electrons. The molecule has 1 rings (SSSR count). The van der Waals surface area contributed by atoms with Crippen LogP contribution < -0.4 is 0 Å². The van der Waals surface area contributed by atoms with Crippen molar-refractivity contribution < 1.29 is 0 Å². The van der Waals surface area contributed by atoms with Gasteiger partial charge in [-0.05, 0) is 0 Å². The molecule has 0 aromatic carbocycles. The second-order valence-corrected chi connectivity index (χ2v) is 4.47. The second-order valence-electron chi connectivity index (χ2n) is 2.04. The fourth-order valence-corrected chi connectivity index (χ4v) is 0.515. The van der Waals surface area contributed by atoms with E-state index < -0.39 is 0 Å². The molecule has 0 aromatic heterocycles. The summed E-state index contributed by atoms with van der Waals surface area (Å²) in [6, 6.07) is 0. The maximum absolute atomic E-state index is 3.12. The van der Waals surface area contributed by atoms with Gasteiger partial charge in [0.2, 0.25) is 0 Å². The molecule has 0 N–H and O–H groups in total. The monoisotopic (exact) mass is 178 g/mol. The molecular weight excluding hydrogens is 166 g/mol. The molecule has 1 aliphatic carbocycles. The first-order chi connectivity index (χ1) is 4.31. The molecule has 0 fully saturated rings. The van der Waals surface area contributed by atoms with Crippen LogP contribution in [0.4, 0.5) is 0 Å². The predicted octanol–water partition coefficient (Wildman–Crippen LogP) is 2.48. The second kappa shape index (κ2) is 6.24. The van der Waals surface area contributed by atoms with Gasteiger partial charge in [0.25, 0.3) is 0 Å². The van der Waals surface area contributed by atoms with Gasteiger partial charge in [0.05, 0.1) is 0 Å². The number of hydrogen-bond donors (Lipinski definition) is 0. The van der Waals surface area contributed by atoms with Gasteiger partial charge in [-0.25, -0.2) is 11.6 Å². The summed E-state index contributed by atoms with van der Waals surface area (Å²) in [5, 5.41) is 0. The van der Waals surface area contributed by atoms with E-state index in [1.807, 2.05) is 0 Å². The van der Waals surface area contributed by atoms with Crippen LogP contribution in [0.5, 0.6) is 0 Å². The van der Waals surface area contributed by atoms with E-state index in [1.54, 1.807) is 0 Å². The van der Waals surface area contributed by atoms with Gasteiger partial charge in [0.15, 0.2) is 0 Å². The van der Waals surface area contributed by atoms with Gasteiger partial charge in [-0.1, -0.05) is 6.92 Å². The van der Waals surface area contributed by atoms with Gasteiger partial charge in [-0.15, -0.1) is 6.42 Å². The van der Waals surface area contributed by atoms with Crippen LogP contribution in [0.15, 0.2) is 17.7 Å². The van der Waals surface area contributed by atoms with Crippen molar-refractivity contribution in [2.45, 2.75) is 24.3 Å². The van der Waals surface area contributed by atoms with Crippen LogP contribution in [0.2, 0.25) is 11.0 Å². The first-order valence-corrected chi connectivity index (χ1v) is 8.13. The van der Waals surface area contributed by atoms with E-state index in [-0.39, 0.29) is 0 Å². The predicted molar refractivity (Wildman–Crippen MR) is 43.7 cm³/mol. The summed E-state index contributed by atoms with van der Waals surface area (Å²) in [5.74, 6) is 0. The third-order valence-corrected chi connectivity index (χ3v) is 0.867. The van der Waals surface area contributed by atoms with Crippen LogP contribution in [0.3, 0.4) is 0 Å². The summed E-state index contributed by atoms with van der Waals surface area (Å²) < 4.78 is 0. The molecule has 1 heteroatoms. The van der Waals surface area contributed by atoms with Gasteiger partial charge < -0.3 is 0 Å². The Kier molecular flexibility index (Phi) is 6.32. The Morgan fingerprint density at radius 2 is 2.11 bits per heavy atom. The summed E-state index contributed by atoms with van der Waals surface area (Å²) in [4.78, 5) is 0. The van der Waals surface area contributed by atoms with E-state index in [9.17, 15) is 0 Å². The van der Waals surface area contributed by atoms with Crippen molar-refractivity contribution in [3.8, 4) is 0 Å². The van der Waals surface area contributed by atoms with E-state index in [0.717, 1.165) is 6.42 Å². The van der Waals surface area contributed by atoms with Crippen molar-refractivity contribution in [1.82, 2.24) is 0 Å². The molecule has 48 valence electrons. The van der Waals surface area contributed by atoms with Crippen molar-refractivity contribution in [3.05, 3.63) is 23.8 Å². The van der Waals surface area contributed by atoms with E-state index in [0.29, 0.717) is 17.4 Å². The molecule has 9 heavy (non-hydrogen) atoms. The Morgan fingerprint density at radius 1 is 1.56 bits per heavy atom. The van der Waals surface area contributed by atoms with E-state index in [2.05, 4.69) is 36.1 Å². The number of hydrogen-bond acceptors (Lipinski definition) is 0. The summed E-state index contributed by atoms with van der Waals surface area (Å²) in [5.41, 5.74) is 5.84. The molecule has 0 spiro atoms. The van der Waals surface area contributed by atoms with E-state index >= 15 is 0 Å². The van der Waals surface area contributed by atoms with Crippen molar-refractivity contribution in [2.24, 2.45) is 0 Å². The standard InChI is InChI=1S/C6H7.2CH3.Ga/c1-6-4-2-3-5-6;;;/h2,4H,3H2,1H3;2*1H3;/q-1;;;+1. The van der Waals surface area contributed by atoms with Crippen LogP contribution in [0.1, 0.15) is 13.3 Å². The molecule has 0 saturated heterocycles. The quantitative estimate of drug-likeness (QED) is 0.395. The SMILES string of the molecule is CC1=[C-]CC=C1.[CH3][Ga+][CH3]. The van der Waals surface area contributed by atoms with Gasteiger partial charge >= 0.3 is 28.4 Å². The fraction of sp³-hybridized carbons (Fsp3) is 0.500. The van der Waals surface area contributed by atoms with Gasteiger partial charge in [0.1, 0.15) is 0 Å². The molecule has 0 saturated carbocycles. The molecule has 1 aliphatic rings. The topological polar surface area (TPSA) is 0 Å². The van der Waals surface area contributed by atoms with Gasteiger partial charge in [-0.2, -0.15) is 6.08 Å². The van der Waals surface area contributed by atoms with E-state index in [4.69, 9.17) is 0 Å². The third-order valence-electron chi connectivity index (χ3n) is 0.867. The summed E-state index contributed by atoms with van der Waals surface area (Å²) in [6.07, 6.45) is 8.33.